The summed E-state index contributed by atoms with van der Waals surface area (Å²) in [5.74, 6) is -0.673. The summed E-state index contributed by atoms with van der Waals surface area (Å²) in [6.07, 6.45) is 0. The van der Waals surface area contributed by atoms with Crippen LogP contribution >= 0.6 is 11.3 Å². The predicted octanol–water partition coefficient (Wildman–Crippen LogP) is 4.71. The number of thiazole rings is 1. The molecule has 0 saturated carbocycles. The molecule has 0 unspecified atom stereocenters. The van der Waals surface area contributed by atoms with Crippen molar-refractivity contribution >= 4 is 28.7 Å². The molecule has 1 heterocycles. The second-order valence-electron chi connectivity index (χ2n) is 5.53. The molecule has 1 aromatic heterocycles. The minimum atomic E-state index is -0.319. The molecule has 1 amide bonds. The number of amides is 1. The van der Waals surface area contributed by atoms with E-state index >= 15 is 0 Å². The SMILES string of the molecule is CC(=O)c1cccc(NC(=O)c2sc(-c3ccc(F)cc3)nc2C)c1. The van der Waals surface area contributed by atoms with E-state index in [4.69, 9.17) is 0 Å². The number of anilines is 1. The standard InChI is InChI=1S/C19H15FN2O2S/c1-11-17(25-19(21-11)13-6-8-15(20)9-7-13)18(24)22-16-5-3-4-14(10-16)12(2)23/h3-10H,1-2H3,(H,22,24). The van der Waals surface area contributed by atoms with Crippen molar-refractivity contribution in [1.82, 2.24) is 4.98 Å². The molecule has 3 aromatic rings. The number of nitrogens with one attached hydrogen (secondary N) is 1. The Morgan fingerprint density at radius 3 is 2.52 bits per heavy atom. The Labute approximate surface area is 148 Å². The van der Waals surface area contributed by atoms with Crippen LogP contribution < -0.4 is 5.32 Å². The van der Waals surface area contributed by atoms with Crippen LogP contribution in [0.1, 0.15) is 32.6 Å². The Kier molecular flexibility index (Phi) is 4.72. The number of aromatic nitrogens is 1. The number of hydrogen-bond acceptors (Lipinski definition) is 4. The number of hydrogen-bond donors (Lipinski definition) is 1. The van der Waals surface area contributed by atoms with Crippen molar-refractivity contribution in [1.29, 1.82) is 0 Å². The molecule has 0 bridgehead atoms. The Morgan fingerprint density at radius 2 is 1.84 bits per heavy atom. The van der Waals surface area contributed by atoms with Crippen LogP contribution in [0.25, 0.3) is 10.6 Å². The largest absolute Gasteiger partial charge is 0.321 e. The van der Waals surface area contributed by atoms with Crippen LogP contribution in [0.4, 0.5) is 10.1 Å². The van der Waals surface area contributed by atoms with E-state index in [9.17, 15) is 14.0 Å². The van der Waals surface area contributed by atoms with Gasteiger partial charge in [0.05, 0.1) is 5.69 Å². The van der Waals surface area contributed by atoms with Crippen LogP contribution in [0.3, 0.4) is 0 Å². The molecule has 1 N–H and O–H groups in total. The summed E-state index contributed by atoms with van der Waals surface area (Å²) in [5.41, 5.74) is 2.44. The zero-order chi connectivity index (χ0) is 18.0. The van der Waals surface area contributed by atoms with Crippen molar-refractivity contribution in [2.75, 3.05) is 5.32 Å². The lowest BCUT2D eigenvalue weighted by molar-refractivity contribution is 0.101. The molecule has 0 spiro atoms. The van der Waals surface area contributed by atoms with E-state index in [-0.39, 0.29) is 17.5 Å². The molecule has 0 radical (unpaired) electrons. The van der Waals surface area contributed by atoms with E-state index in [2.05, 4.69) is 10.3 Å². The van der Waals surface area contributed by atoms with E-state index in [0.29, 0.717) is 26.8 Å². The van der Waals surface area contributed by atoms with Gasteiger partial charge in [-0.3, -0.25) is 9.59 Å². The topological polar surface area (TPSA) is 59.1 Å². The number of halogens is 1. The molecule has 6 heteroatoms. The zero-order valence-electron chi connectivity index (χ0n) is 13.7. The second kappa shape index (κ2) is 6.94. The average molecular weight is 354 g/mol. The van der Waals surface area contributed by atoms with Gasteiger partial charge in [0.2, 0.25) is 0 Å². The highest BCUT2D eigenvalue weighted by molar-refractivity contribution is 7.17. The van der Waals surface area contributed by atoms with Gasteiger partial charge in [-0.05, 0) is 50.2 Å². The highest BCUT2D eigenvalue weighted by atomic mass is 32.1. The van der Waals surface area contributed by atoms with Gasteiger partial charge in [-0.25, -0.2) is 9.37 Å². The van der Waals surface area contributed by atoms with Crippen molar-refractivity contribution in [3.8, 4) is 10.6 Å². The third-order valence-corrected chi connectivity index (χ3v) is 4.83. The number of carbonyl (C=O) groups is 2. The monoisotopic (exact) mass is 354 g/mol. The number of nitrogens with zero attached hydrogens (tertiary/aromatic N) is 1. The summed E-state index contributed by atoms with van der Waals surface area (Å²) in [7, 11) is 0. The fourth-order valence-electron chi connectivity index (χ4n) is 2.33. The summed E-state index contributed by atoms with van der Waals surface area (Å²) < 4.78 is 13.0. The van der Waals surface area contributed by atoms with E-state index in [1.807, 2.05) is 0 Å². The van der Waals surface area contributed by atoms with Crippen LogP contribution in [0.15, 0.2) is 48.5 Å². The van der Waals surface area contributed by atoms with Crippen molar-refractivity contribution in [3.05, 3.63) is 70.5 Å². The zero-order valence-corrected chi connectivity index (χ0v) is 14.5. The maximum Gasteiger partial charge on any atom is 0.267 e. The van der Waals surface area contributed by atoms with Crippen LogP contribution in [0, 0.1) is 12.7 Å². The first-order valence-corrected chi connectivity index (χ1v) is 8.41. The molecular weight excluding hydrogens is 339 g/mol. The van der Waals surface area contributed by atoms with E-state index in [1.165, 1.54) is 30.4 Å². The molecule has 0 aliphatic heterocycles. The first-order chi connectivity index (χ1) is 11.9. The van der Waals surface area contributed by atoms with Gasteiger partial charge in [-0.15, -0.1) is 11.3 Å². The Hall–Kier alpha value is -2.86. The van der Waals surface area contributed by atoms with Gasteiger partial charge in [0.1, 0.15) is 15.7 Å². The fourth-order valence-corrected chi connectivity index (χ4v) is 3.29. The van der Waals surface area contributed by atoms with Gasteiger partial charge < -0.3 is 5.32 Å². The molecule has 0 atom stereocenters. The summed E-state index contributed by atoms with van der Waals surface area (Å²) in [6, 6.07) is 12.8. The van der Waals surface area contributed by atoms with Gasteiger partial charge in [0.25, 0.3) is 5.91 Å². The molecule has 4 nitrogen and oxygen atoms in total. The lowest BCUT2D eigenvalue weighted by atomic mass is 10.1. The molecule has 2 aromatic carbocycles. The molecule has 0 saturated heterocycles. The number of rotatable bonds is 4. The summed E-state index contributed by atoms with van der Waals surface area (Å²) in [4.78, 5) is 28.9. The number of aryl methyl sites for hydroxylation is 1. The Bertz CT molecular complexity index is 948. The smallest absolute Gasteiger partial charge is 0.267 e. The van der Waals surface area contributed by atoms with Crippen molar-refractivity contribution in [2.24, 2.45) is 0 Å². The molecule has 0 aliphatic rings. The molecule has 25 heavy (non-hydrogen) atoms. The normalized spacial score (nSPS) is 10.5. The van der Waals surface area contributed by atoms with E-state index in [1.54, 1.807) is 43.3 Å². The van der Waals surface area contributed by atoms with Gasteiger partial charge >= 0.3 is 0 Å². The molecular formula is C19H15FN2O2S. The summed E-state index contributed by atoms with van der Waals surface area (Å²) >= 11 is 1.24. The van der Waals surface area contributed by atoms with Gasteiger partial charge in [-0.2, -0.15) is 0 Å². The van der Waals surface area contributed by atoms with Crippen LogP contribution in [-0.4, -0.2) is 16.7 Å². The number of carbonyl (C=O) groups excluding carboxylic acids is 2. The number of ketones is 1. The molecule has 3 rings (SSSR count). The first-order valence-electron chi connectivity index (χ1n) is 7.60. The third kappa shape index (κ3) is 3.80. The molecule has 0 fully saturated rings. The minimum Gasteiger partial charge on any atom is -0.321 e. The fraction of sp³-hybridized carbons (Fsp3) is 0.105. The highest BCUT2D eigenvalue weighted by Crippen LogP contribution is 2.28. The first kappa shape index (κ1) is 17.0. The average Bonchev–Trinajstić information content (AvgIpc) is 2.97. The molecule has 0 aliphatic carbocycles. The Balaban J connectivity index is 1.84. The third-order valence-electron chi connectivity index (χ3n) is 3.62. The highest BCUT2D eigenvalue weighted by Gasteiger charge is 2.17. The van der Waals surface area contributed by atoms with Crippen molar-refractivity contribution < 1.29 is 14.0 Å². The van der Waals surface area contributed by atoms with Crippen LogP contribution in [0.5, 0.6) is 0 Å². The predicted molar refractivity (Wildman–Crippen MR) is 96.6 cm³/mol. The second-order valence-corrected chi connectivity index (χ2v) is 6.53. The van der Waals surface area contributed by atoms with Crippen LogP contribution in [-0.2, 0) is 0 Å². The van der Waals surface area contributed by atoms with Crippen molar-refractivity contribution in [2.45, 2.75) is 13.8 Å². The van der Waals surface area contributed by atoms with Gasteiger partial charge in [0.15, 0.2) is 5.78 Å². The van der Waals surface area contributed by atoms with E-state index in [0.717, 1.165) is 5.56 Å². The molecule has 126 valence electrons. The minimum absolute atomic E-state index is 0.0661. The van der Waals surface area contributed by atoms with E-state index < -0.39 is 0 Å². The quantitative estimate of drug-likeness (QED) is 0.690. The Morgan fingerprint density at radius 1 is 1.12 bits per heavy atom. The number of Topliss-reactive ketones (excluding diaryl/α,β-unsaturated/α-hetero) is 1. The van der Waals surface area contributed by atoms with Crippen molar-refractivity contribution in [3.63, 3.8) is 0 Å². The van der Waals surface area contributed by atoms with Gasteiger partial charge in [-0.1, -0.05) is 12.1 Å². The lowest BCUT2D eigenvalue weighted by Crippen LogP contribution is -2.11. The summed E-state index contributed by atoms with van der Waals surface area (Å²) in [6.45, 7) is 3.23. The lowest BCUT2D eigenvalue weighted by Gasteiger charge is -2.05. The summed E-state index contributed by atoms with van der Waals surface area (Å²) in [5, 5.41) is 3.44. The van der Waals surface area contributed by atoms with Gasteiger partial charge in [0, 0.05) is 16.8 Å². The maximum absolute atomic E-state index is 13.0. The van der Waals surface area contributed by atoms with Crippen LogP contribution in [0.2, 0.25) is 0 Å². The number of benzene rings is 2. The maximum atomic E-state index is 13.0.